The second kappa shape index (κ2) is 7.43. The van der Waals surface area contributed by atoms with Crippen molar-refractivity contribution in [2.24, 2.45) is 0 Å². The van der Waals surface area contributed by atoms with Crippen molar-refractivity contribution in [2.75, 3.05) is 5.75 Å². The van der Waals surface area contributed by atoms with E-state index < -0.39 is 9.84 Å². The third-order valence-electron chi connectivity index (χ3n) is 2.96. The zero-order valence-corrected chi connectivity index (χ0v) is 13.1. The lowest BCUT2D eigenvalue weighted by molar-refractivity contribution is -0.148. The number of ether oxygens (including phenoxy) is 1. The lowest BCUT2D eigenvalue weighted by atomic mass is 10.2. The number of hydrogen-bond acceptors (Lipinski definition) is 4. The van der Waals surface area contributed by atoms with Crippen LogP contribution in [0.2, 0.25) is 0 Å². The maximum Gasteiger partial charge on any atom is 0.306 e. The molecule has 0 saturated heterocycles. The van der Waals surface area contributed by atoms with Crippen LogP contribution in [0.25, 0.3) is 0 Å². The van der Waals surface area contributed by atoms with Gasteiger partial charge >= 0.3 is 5.97 Å². The fourth-order valence-corrected chi connectivity index (χ4v) is 3.16. The first kappa shape index (κ1) is 16.7. The molecule has 0 aliphatic heterocycles. The Morgan fingerprint density at radius 3 is 2.40 bits per heavy atom. The Hall–Kier alpha value is -1.36. The van der Waals surface area contributed by atoms with Crippen molar-refractivity contribution in [3.8, 4) is 0 Å². The molecule has 0 saturated carbocycles. The molecule has 5 heteroatoms. The van der Waals surface area contributed by atoms with Crippen molar-refractivity contribution < 1.29 is 17.9 Å². The predicted molar refractivity (Wildman–Crippen MR) is 78.3 cm³/mol. The molecule has 0 fully saturated rings. The molecule has 20 heavy (non-hydrogen) atoms. The summed E-state index contributed by atoms with van der Waals surface area (Å²) >= 11 is 0. The third-order valence-corrected chi connectivity index (χ3v) is 4.72. The second-order valence-electron chi connectivity index (χ2n) is 4.97. The highest BCUT2D eigenvalue weighted by Crippen LogP contribution is 2.14. The average Bonchev–Trinajstić information content (AvgIpc) is 2.37. The van der Waals surface area contributed by atoms with E-state index in [1.54, 1.807) is 31.2 Å². The van der Waals surface area contributed by atoms with Gasteiger partial charge in [-0.2, -0.15) is 0 Å². The van der Waals surface area contributed by atoms with Gasteiger partial charge in [-0.05, 0) is 38.8 Å². The van der Waals surface area contributed by atoms with Gasteiger partial charge in [0.25, 0.3) is 0 Å². The average molecular weight is 298 g/mol. The number of carbonyl (C=O) groups is 1. The molecule has 0 radical (unpaired) electrons. The number of sulfone groups is 1. The van der Waals surface area contributed by atoms with Crippen molar-refractivity contribution in [1.82, 2.24) is 0 Å². The van der Waals surface area contributed by atoms with Gasteiger partial charge in [0.2, 0.25) is 0 Å². The van der Waals surface area contributed by atoms with Crippen LogP contribution in [-0.4, -0.2) is 26.2 Å². The number of benzene rings is 1. The fraction of sp³-hybridized carbons (Fsp3) is 0.533. The summed E-state index contributed by atoms with van der Waals surface area (Å²) in [5.74, 6) is -0.288. The van der Waals surface area contributed by atoms with Crippen LogP contribution < -0.4 is 0 Å². The fourth-order valence-electron chi connectivity index (χ4n) is 1.73. The van der Waals surface area contributed by atoms with E-state index >= 15 is 0 Å². The largest absolute Gasteiger partial charge is 0.463 e. The molecular weight excluding hydrogens is 276 g/mol. The molecule has 1 aromatic rings. The van der Waals surface area contributed by atoms with Crippen LogP contribution >= 0.6 is 0 Å². The van der Waals surface area contributed by atoms with E-state index in [-0.39, 0.29) is 17.8 Å². The van der Waals surface area contributed by atoms with Gasteiger partial charge in [-0.15, -0.1) is 0 Å². The van der Waals surface area contributed by atoms with Crippen molar-refractivity contribution in [3.05, 3.63) is 29.8 Å². The van der Waals surface area contributed by atoms with Crippen molar-refractivity contribution in [2.45, 2.75) is 51.0 Å². The first-order valence-corrected chi connectivity index (χ1v) is 8.49. The Morgan fingerprint density at radius 2 is 1.85 bits per heavy atom. The minimum atomic E-state index is -3.31. The molecule has 1 aromatic carbocycles. The van der Waals surface area contributed by atoms with Crippen molar-refractivity contribution in [1.29, 1.82) is 0 Å². The SMILES string of the molecule is CCCC(=O)O[C@@H](C)CCS(=O)(=O)c1ccc(C)cc1. The number of carbonyl (C=O) groups excluding carboxylic acids is 1. The van der Waals surface area contributed by atoms with Crippen LogP contribution in [-0.2, 0) is 19.4 Å². The molecule has 0 amide bonds. The summed E-state index contributed by atoms with van der Waals surface area (Å²) in [5, 5.41) is 0. The minimum Gasteiger partial charge on any atom is -0.463 e. The molecule has 112 valence electrons. The van der Waals surface area contributed by atoms with Crippen LogP contribution in [0.3, 0.4) is 0 Å². The van der Waals surface area contributed by atoms with Crippen LogP contribution in [0.15, 0.2) is 29.2 Å². The standard InChI is InChI=1S/C15H22O4S/c1-4-5-15(16)19-13(3)10-11-20(17,18)14-8-6-12(2)7-9-14/h6-9,13H,4-5,10-11H2,1-3H3/t13-/m0/s1. The number of rotatable bonds is 7. The zero-order valence-electron chi connectivity index (χ0n) is 12.3. The number of aryl methyl sites for hydroxylation is 1. The Labute approximate surface area is 121 Å². The number of esters is 1. The van der Waals surface area contributed by atoms with Gasteiger partial charge in [0.1, 0.15) is 0 Å². The molecule has 0 aromatic heterocycles. The van der Waals surface area contributed by atoms with E-state index in [1.165, 1.54) is 0 Å². The molecule has 0 unspecified atom stereocenters. The predicted octanol–water partition coefficient (Wildman–Crippen LogP) is 2.89. The first-order valence-electron chi connectivity index (χ1n) is 6.84. The van der Waals surface area contributed by atoms with Crippen LogP contribution in [0, 0.1) is 6.92 Å². The lowest BCUT2D eigenvalue weighted by Crippen LogP contribution is -2.19. The summed E-state index contributed by atoms with van der Waals surface area (Å²) in [6, 6.07) is 6.77. The normalized spacial score (nSPS) is 12.9. The molecule has 0 bridgehead atoms. The maximum atomic E-state index is 12.1. The molecular formula is C15H22O4S. The van der Waals surface area contributed by atoms with Gasteiger partial charge in [-0.3, -0.25) is 4.79 Å². The highest BCUT2D eigenvalue weighted by molar-refractivity contribution is 7.91. The Bertz CT molecular complexity index is 531. The maximum absolute atomic E-state index is 12.1. The third kappa shape index (κ3) is 5.33. The van der Waals surface area contributed by atoms with Crippen LogP contribution in [0.5, 0.6) is 0 Å². The minimum absolute atomic E-state index is 0.0172. The molecule has 0 N–H and O–H groups in total. The van der Waals surface area contributed by atoms with Gasteiger partial charge in [0.15, 0.2) is 9.84 Å². The summed E-state index contributed by atoms with van der Waals surface area (Å²) in [6.07, 6.45) is 1.03. The smallest absolute Gasteiger partial charge is 0.306 e. The second-order valence-corrected chi connectivity index (χ2v) is 7.08. The first-order chi connectivity index (χ1) is 9.35. The molecule has 0 spiro atoms. The Kier molecular flexibility index (Phi) is 6.20. The van der Waals surface area contributed by atoms with Gasteiger partial charge < -0.3 is 4.74 Å². The lowest BCUT2D eigenvalue weighted by Gasteiger charge is -2.13. The molecule has 1 atom stereocenters. The van der Waals surface area contributed by atoms with Crippen molar-refractivity contribution in [3.63, 3.8) is 0 Å². The molecule has 0 aliphatic carbocycles. The van der Waals surface area contributed by atoms with E-state index in [2.05, 4.69) is 0 Å². The molecule has 4 nitrogen and oxygen atoms in total. The summed E-state index contributed by atoms with van der Waals surface area (Å²) in [7, 11) is -3.31. The van der Waals surface area contributed by atoms with Gasteiger partial charge in [-0.1, -0.05) is 24.6 Å². The van der Waals surface area contributed by atoms with Crippen LogP contribution in [0.4, 0.5) is 0 Å². The van der Waals surface area contributed by atoms with E-state index in [0.29, 0.717) is 17.7 Å². The summed E-state index contributed by atoms with van der Waals surface area (Å²) in [6.45, 7) is 5.53. The molecule has 0 aliphatic rings. The van der Waals surface area contributed by atoms with E-state index in [0.717, 1.165) is 12.0 Å². The summed E-state index contributed by atoms with van der Waals surface area (Å²) in [5.41, 5.74) is 1.02. The topological polar surface area (TPSA) is 60.4 Å². The highest BCUT2D eigenvalue weighted by atomic mass is 32.2. The highest BCUT2D eigenvalue weighted by Gasteiger charge is 2.17. The van der Waals surface area contributed by atoms with E-state index in [1.807, 2.05) is 13.8 Å². The van der Waals surface area contributed by atoms with Gasteiger partial charge in [-0.25, -0.2) is 8.42 Å². The quantitative estimate of drug-likeness (QED) is 0.726. The summed E-state index contributed by atoms with van der Waals surface area (Å²) in [4.78, 5) is 11.6. The number of hydrogen-bond donors (Lipinski definition) is 0. The van der Waals surface area contributed by atoms with Crippen LogP contribution in [0.1, 0.15) is 38.7 Å². The van der Waals surface area contributed by atoms with Gasteiger partial charge in [0, 0.05) is 6.42 Å². The van der Waals surface area contributed by atoms with E-state index in [9.17, 15) is 13.2 Å². The van der Waals surface area contributed by atoms with Crippen molar-refractivity contribution >= 4 is 15.8 Å². The molecule has 1 rings (SSSR count). The van der Waals surface area contributed by atoms with Gasteiger partial charge in [0.05, 0.1) is 16.8 Å². The zero-order chi connectivity index (χ0) is 15.2. The summed E-state index contributed by atoms with van der Waals surface area (Å²) < 4.78 is 29.4. The van der Waals surface area contributed by atoms with E-state index in [4.69, 9.17) is 4.74 Å². The molecule has 0 heterocycles. The monoisotopic (exact) mass is 298 g/mol. The Morgan fingerprint density at radius 1 is 1.25 bits per heavy atom. The Balaban J connectivity index is 2.55.